The van der Waals surface area contributed by atoms with Crippen molar-refractivity contribution in [2.75, 3.05) is 13.1 Å². The fraction of sp³-hybridized carbons (Fsp3) is 0.333. The second-order valence-corrected chi connectivity index (χ2v) is 9.80. The molecule has 2 heterocycles. The van der Waals surface area contributed by atoms with Gasteiger partial charge < -0.3 is 10.6 Å². The summed E-state index contributed by atoms with van der Waals surface area (Å²) < 4.78 is 26.1. The SMILES string of the molecule is Cl.NC1CCC2CN(C(=O)c3ccc4c(c3)S(=O)(=O)c3ccccc3C4=O)CC12. The molecule has 0 bridgehead atoms. The Morgan fingerprint density at radius 2 is 1.72 bits per heavy atom. The average molecular weight is 433 g/mol. The Morgan fingerprint density at radius 3 is 2.48 bits per heavy atom. The van der Waals surface area contributed by atoms with Crippen molar-refractivity contribution < 1.29 is 18.0 Å². The zero-order valence-electron chi connectivity index (χ0n) is 15.6. The highest BCUT2D eigenvalue weighted by molar-refractivity contribution is 7.91. The van der Waals surface area contributed by atoms with Crippen LogP contribution in [-0.2, 0) is 9.84 Å². The maximum absolute atomic E-state index is 13.0. The first-order valence-electron chi connectivity index (χ1n) is 9.45. The van der Waals surface area contributed by atoms with Gasteiger partial charge in [-0.15, -0.1) is 12.4 Å². The molecular formula is C21H21ClN2O4S. The van der Waals surface area contributed by atoms with Crippen molar-refractivity contribution >= 4 is 33.9 Å². The third-order valence-corrected chi connectivity index (χ3v) is 8.24. The number of hydrogen-bond donors (Lipinski definition) is 1. The van der Waals surface area contributed by atoms with Gasteiger partial charge in [-0.25, -0.2) is 8.42 Å². The van der Waals surface area contributed by atoms with Crippen molar-refractivity contribution in [1.29, 1.82) is 0 Å². The Kier molecular flexibility index (Phi) is 4.80. The summed E-state index contributed by atoms with van der Waals surface area (Å²) in [6.07, 6.45) is 2.02. The number of likely N-dealkylation sites (tertiary alicyclic amines) is 1. The Labute approximate surface area is 175 Å². The minimum Gasteiger partial charge on any atom is -0.338 e. The molecule has 1 amide bonds. The molecule has 1 saturated carbocycles. The molecule has 2 fully saturated rings. The van der Waals surface area contributed by atoms with Crippen molar-refractivity contribution in [3.63, 3.8) is 0 Å². The van der Waals surface area contributed by atoms with Crippen molar-refractivity contribution in [2.45, 2.75) is 28.7 Å². The molecule has 1 aliphatic carbocycles. The van der Waals surface area contributed by atoms with E-state index in [2.05, 4.69) is 0 Å². The van der Waals surface area contributed by atoms with Crippen molar-refractivity contribution in [3.05, 3.63) is 59.2 Å². The summed E-state index contributed by atoms with van der Waals surface area (Å²) in [5.74, 6) is 0.208. The molecule has 1 saturated heterocycles. The molecule has 3 aliphatic rings. The van der Waals surface area contributed by atoms with Crippen LogP contribution in [0.1, 0.15) is 39.1 Å². The maximum Gasteiger partial charge on any atom is 0.253 e. The maximum atomic E-state index is 13.0. The normalized spacial score (nSPS) is 26.3. The van der Waals surface area contributed by atoms with E-state index in [9.17, 15) is 18.0 Å². The van der Waals surface area contributed by atoms with Gasteiger partial charge in [0.1, 0.15) is 0 Å². The van der Waals surface area contributed by atoms with Crippen molar-refractivity contribution in [2.24, 2.45) is 17.6 Å². The number of rotatable bonds is 1. The van der Waals surface area contributed by atoms with Gasteiger partial charge in [0.15, 0.2) is 5.78 Å². The van der Waals surface area contributed by atoms with E-state index in [4.69, 9.17) is 5.73 Å². The highest BCUT2D eigenvalue weighted by Gasteiger charge is 2.43. The van der Waals surface area contributed by atoms with Crippen LogP contribution in [0.15, 0.2) is 52.3 Å². The van der Waals surface area contributed by atoms with Gasteiger partial charge in [0, 0.05) is 35.8 Å². The summed E-state index contributed by atoms with van der Waals surface area (Å²) in [6.45, 7) is 1.26. The molecule has 3 atom stereocenters. The van der Waals surface area contributed by atoms with E-state index in [-0.39, 0.29) is 51.1 Å². The predicted octanol–water partition coefficient (Wildman–Crippen LogP) is 2.29. The number of fused-ring (bicyclic) bond motifs is 3. The van der Waals surface area contributed by atoms with Crippen LogP contribution in [0.25, 0.3) is 0 Å². The van der Waals surface area contributed by atoms with Gasteiger partial charge >= 0.3 is 0 Å². The molecular weight excluding hydrogens is 412 g/mol. The molecule has 0 aromatic heterocycles. The van der Waals surface area contributed by atoms with Crippen LogP contribution in [0.4, 0.5) is 0 Å². The van der Waals surface area contributed by atoms with E-state index >= 15 is 0 Å². The first kappa shape index (κ1) is 20.1. The standard InChI is InChI=1S/C21H20N2O4S.ClH/c22-17-8-6-13-10-23(11-16(13)17)21(25)12-5-7-15-19(9-12)28(26,27)18-4-2-1-3-14(18)20(15)24;/h1-5,7,9,13,16-17H,6,8,10-11,22H2;1H. The largest absolute Gasteiger partial charge is 0.338 e. The third kappa shape index (κ3) is 2.91. The van der Waals surface area contributed by atoms with Crippen LogP contribution in [0.5, 0.6) is 0 Å². The van der Waals surface area contributed by atoms with Gasteiger partial charge in [0.25, 0.3) is 5.91 Å². The lowest BCUT2D eigenvalue weighted by Gasteiger charge is -2.22. The van der Waals surface area contributed by atoms with Gasteiger partial charge in [0.2, 0.25) is 9.84 Å². The van der Waals surface area contributed by atoms with Crippen LogP contribution >= 0.6 is 12.4 Å². The molecule has 152 valence electrons. The van der Waals surface area contributed by atoms with Crippen molar-refractivity contribution in [1.82, 2.24) is 4.90 Å². The second kappa shape index (κ2) is 6.93. The number of benzene rings is 2. The summed E-state index contributed by atoms with van der Waals surface area (Å²) in [4.78, 5) is 27.4. The lowest BCUT2D eigenvalue weighted by Crippen LogP contribution is -2.33. The molecule has 2 aliphatic heterocycles. The number of halogens is 1. The quantitative estimate of drug-likeness (QED) is 0.636. The first-order valence-corrected chi connectivity index (χ1v) is 10.9. The molecule has 29 heavy (non-hydrogen) atoms. The van der Waals surface area contributed by atoms with Gasteiger partial charge in [-0.3, -0.25) is 9.59 Å². The van der Waals surface area contributed by atoms with Gasteiger partial charge in [-0.2, -0.15) is 0 Å². The summed E-state index contributed by atoms with van der Waals surface area (Å²) in [5.41, 5.74) is 6.75. The first-order chi connectivity index (χ1) is 13.4. The molecule has 3 unspecified atom stereocenters. The van der Waals surface area contributed by atoms with Crippen LogP contribution in [0, 0.1) is 11.8 Å². The molecule has 2 aromatic carbocycles. The summed E-state index contributed by atoms with van der Waals surface area (Å²) >= 11 is 0. The lowest BCUT2D eigenvalue weighted by atomic mass is 9.98. The number of amides is 1. The van der Waals surface area contributed by atoms with Gasteiger partial charge in [-0.05, 0) is 55.0 Å². The van der Waals surface area contributed by atoms with Crippen LogP contribution in [-0.4, -0.2) is 44.1 Å². The number of nitrogens with two attached hydrogens (primary N) is 1. The average Bonchev–Trinajstić information content (AvgIpc) is 3.28. The topological polar surface area (TPSA) is 97.5 Å². The molecule has 8 heteroatoms. The Hall–Kier alpha value is -2.22. The summed E-state index contributed by atoms with van der Waals surface area (Å²) in [7, 11) is -3.85. The number of sulfone groups is 1. The third-order valence-electron chi connectivity index (χ3n) is 6.38. The molecule has 2 N–H and O–H groups in total. The summed E-state index contributed by atoms with van der Waals surface area (Å²) in [5, 5.41) is 0. The van der Waals surface area contributed by atoms with E-state index in [1.165, 1.54) is 24.3 Å². The molecule has 6 nitrogen and oxygen atoms in total. The highest BCUT2D eigenvalue weighted by Crippen LogP contribution is 2.38. The lowest BCUT2D eigenvalue weighted by molar-refractivity contribution is 0.0778. The fourth-order valence-electron chi connectivity index (χ4n) is 4.87. The highest BCUT2D eigenvalue weighted by atomic mass is 35.5. The number of carbonyl (C=O) groups excluding carboxylic acids is 2. The zero-order chi connectivity index (χ0) is 19.6. The van der Waals surface area contributed by atoms with E-state index in [0.29, 0.717) is 30.5 Å². The second-order valence-electron chi connectivity index (χ2n) is 7.91. The minimum absolute atomic E-state index is 0. The van der Waals surface area contributed by atoms with Crippen LogP contribution in [0.3, 0.4) is 0 Å². The molecule has 0 spiro atoms. The van der Waals surface area contributed by atoms with E-state index in [0.717, 1.165) is 12.8 Å². The Balaban J connectivity index is 0.00000205. The number of carbonyl (C=O) groups is 2. The van der Waals surface area contributed by atoms with Gasteiger partial charge in [-0.1, -0.05) is 12.1 Å². The smallest absolute Gasteiger partial charge is 0.253 e. The van der Waals surface area contributed by atoms with Gasteiger partial charge in [0.05, 0.1) is 9.79 Å². The van der Waals surface area contributed by atoms with Crippen LogP contribution < -0.4 is 5.73 Å². The minimum atomic E-state index is -3.85. The molecule has 2 aromatic rings. The number of nitrogens with zero attached hydrogens (tertiary/aromatic N) is 1. The summed E-state index contributed by atoms with van der Waals surface area (Å²) in [6, 6.07) is 10.7. The Morgan fingerprint density at radius 1 is 1.00 bits per heavy atom. The molecule has 5 rings (SSSR count). The van der Waals surface area contributed by atoms with E-state index < -0.39 is 9.84 Å². The zero-order valence-corrected chi connectivity index (χ0v) is 17.2. The van der Waals surface area contributed by atoms with Crippen LogP contribution in [0.2, 0.25) is 0 Å². The monoisotopic (exact) mass is 432 g/mol. The number of hydrogen-bond acceptors (Lipinski definition) is 5. The number of ketones is 1. The van der Waals surface area contributed by atoms with E-state index in [1.807, 2.05) is 0 Å². The van der Waals surface area contributed by atoms with E-state index in [1.54, 1.807) is 23.1 Å². The fourth-order valence-corrected chi connectivity index (χ4v) is 6.55. The Bertz CT molecular complexity index is 1130. The van der Waals surface area contributed by atoms with Crippen molar-refractivity contribution in [3.8, 4) is 0 Å². The molecule has 0 radical (unpaired) electrons. The predicted molar refractivity (Wildman–Crippen MR) is 109 cm³/mol.